The number of hydrogen-bond donors (Lipinski definition) is 7. The number of benzene rings is 4. The van der Waals surface area contributed by atoms with Gasteiger partial charge in [-0.3, -0.25) is 19.2 Å². The predicted octanol–water partition coefficient (Wildman–Crippen LogP) is 3.08. The second kappa shape index (κ2) is 38.3. The molecule has 476 valence electrons. The van der Waals surface area contributed by atoms with Crippen molar-refractivity contribution in [3.8, 4) is 0 Å². The summed E-state index contributed by atoms with van der Waals surface area (Å²) in [6, 6.07) is 26.3. The number of fused-ring (bicyclic) bond motifs is 1. The fourth-order valence-electron chi connectivity index (χ4n) is 9.02. The zero-order valence-electron chi connectivity index (χ0n) is 48.2. The minimum Gasteiger partial charge on any atom is -0.378 e. The number of hydrogen-bond acceptors (Lipinski definition) is 17. The van der Waals surface area contributed by atoms with Gasteiger partial charge in [0, 0.05) is 93.1 Å². The fraction of sp³-hybridized carbons (Fsp3) is 0.509. The lowest BCUT2D eigenvalue weighted by atomic mass is 9.83. The van der Waals surface area contributed by atoms with E-state index >= 15 is 0 Å². The first kappa shape index (κ1) is 71.5. The highest BCUT2D eigenvalue weighted by Crippen LogP contribution is 2.39. The van der Waals surface area contributed by atoms with Crippen molar-refractivity contribution in [1.82, 2.24) is 40.3 Å². The Kier molecular flexibility index (Phi) is 31.8. The number of ether oxygens (including phenoxy) is 6. The number of rotatable bonds is 45. The van der Waals surface area contributed by atoms with E-state index in [-0.39, 0.29) is 195 Å². The molecule has 0 aromatic heterocycles. The Bertz CT molecular complexity index is 2960. The molecule has 0 radical (unpaired) electrons. The molecule has 5 rings (SSSR count). The Morgan fingerprint density at radius 1 is 0.523 bits per heavy atom. The zero-order chi connectivity index (χ0) is 62.1. The van der Waals surface area contributed by atoms with Crippen LogP contribution < -0.4 is 35.4 Å². The van der Waals surface area contributed by atoms with Crippen molar-refractivity contribution < 1.29 is 72.9 Å². The van der Waals surface area contributed by atoms with Crippen molar-refractivity contribution in [2.45, 2.75) is 71.2 Å². The molecular formula is C57H80Cl2N8O16S3. The Labute approximate surface area is 514 Å². The first-order valence-corrected chi connectivity index (χ1v) is 33.4. The zero-order valence-corrected chi connectivity index (χ0v) is 52.2. The minimum absolute atomic E-state index is 0.0150. The third-order valence-electron chi connectivity index (χ3n) is 13.5. The number of carbonyl (C=O) groups excluding carboxylic acids is 4. The fourth-order valence-corrected chi connectivity index (χ4v) is 12.7. The second-order valence-electron chi connectivity index (χ2n) is 19.9. The molecule has 7 N–H and O–H groups in total. The molecular weight excluding hydrogens is 1220 g/mol. The van der Waals surface area contributed by atoms with Crippen LogP contribution in [-0.4, -0.2) is 192 Å². The first-order chi connectivity index (χ1) is 41.3. The maximum absolute atomic E-state index is 13.3. The summed E-state index contributed by atoms with van der Waals surface area (Å²) in [6.45, 7) is 3.80. The first-order valence-electron chi connectivity index (χ1n) is 28.2. The van der Waals surface area contributed by atoms with Crippen LogP contribution in [0, 0.1) is 0 Å². The third-order valence-corrected chi connectivity index (χ3v) is 18.4. The number of carbonyl (C=O) groups is 4. The van der Waals surface area contributed by atoms with Gasteiger partial charge in [-0.15, -0.1) is 0 Å². The van der Waals surface area contributed by atoms with Crippen LogP contribution in [0.4, 0.5) is 0 Å². The topological polar surface area (TPSA) is 314 Å². The molecule has 4 aromatic carbocycles. The molecule has 1 aliphatic rings. The molecule has 0 saturated carbocycles. The van der Waals surface area contributed by atoms with Gasteiger partial charge < -0.3 is 54.6 Å². The van der Waals surface area contributed by atoms with Gasteiger partial charge in [0.1, 0.15) is 0 Å². The molecule has 0 saturated heterocycles. The Morgan fingerprint density at radius 3 is 1.31 bits per heavy atom. The van der Waals surface area contributed by atoms with Crippen LogP contribution in [0.1, 0.15) is 61.1 Å². The van der Waals surface area contributed by atoms with Gasteiger partial charge in [-0.1, -0.05) is 71.7 Å². The lowest BCUT2D eigenvalue weighted by Crippen LogP contribution is -2.47. The molecule has 1 atom stereocenters. The van der Waals surface area contributed by atoms with Crippen molar-refractivity contribution in [2.24, 2.45) is 0 Å². The Balaban J connectivity index is 0.980. The highest BCUT2D eigenvalue weighted by Gasteiger charge is 2.32. The summed E-state index contributed by atoms with van der Waals surface area (Å²) in [6.07, 6.45) is 0.573. The van der Waals surface area contributed by atoms with Gasteiger partial charge in [0.25, 0.3) is 0 Å². The van der Waals surface area contributed by atoms with Crippen LogP contribution in [0.25, 0.3) is 0 Å². The van der Waals surface area contributed by atoms with Gasteiger partial charge >= 0.3 is 0 Å². The van der Waals surface area contributed by atoms with E-state index in [1.165, 1.54) is 30.3 Å². The lowest BCUT2D eigenvalue weighted by Gasteiger charge is -2.33. The standard InChI is InChI=1S/C57H80Cl2N8O16S3/c1-67-42-51(50-40-46(58)41-53(59)52(50)43-67)45-9-8-14-49(39-45)86(76,77)66-26-32-83-38-35-80-29-23-62-56(71)17-20-57(63-44-68,18-15-54(69)60-21-27-78-33-36-81-30-24-64-84(72,73)47-10-4-2-5-11-47)19-16-55(70)61-22-28-79-34-37-82-31-25-65-85(74,75)48-12-6-3-7-13-48/h2-14,39-41,44,51,64-66H,15-38,42-43H2,1H3,(H,60,69)(H,61,70)(H,62,71)(H,63,68)/t51-/m0/s1. The molecule has 24 nitrogen and oxygen atoms in total. The van der Waals surface area contributed by atoms with E-state index in [4.69, 9.17) is 51.6 Å². The highest BCUT2D eigenvalue weighted by atomic mass is 35.5. The molecule has 4 aromatic rings. The molecule has 0 bridgehead atoms. The molecule has 4 amide bonds. The summed E-state index contributed by atoms with van der Waals surface area (Å²) in [7, 11) is -9.18. The summed E-state index contributed by atoms with van der Waals surface area (Å²) < 4.78 is 117. The highest BCUT2D eigenvalue weighted by molar-refractivity contribution is 7.90. The van der Waals surface area contributed by atoms with Crippen molar-refractivity contribution in [3.05, 3.63) is 124 Å². The van der Waals surface area contributed by atoms with Gasteiger partial charge in [-0.2, -0.15) is 0 Å². The van der Waals surface area contributed by atoms with Crippen molar-refractivity contribution in [1.29, 1.82) is 0 Å². The summed E-state index contributed by atoms with van der Waals surface area (Å²) >= 11 is 12.9. The van der Waals surface area contributed by atoms with Gasteiger partial charge in [0.15, 0.2) is 0 Å². The van der Waals surface area contributed by atoms with Crippen molar-refractivity contribution in [3.63, 3.8) is 0 Å². The molecule has 0 fully saturated rings. The average Bonchev–Trinajstić information content (AvgIpc) is 3.64. The molecule has 0 spiro atoms. The smallest absolute Gasteiger partial charge is 0.240 e. The van der Waals surface area contributed by atoms with E-state index in [1.54, 1.807) is 54.6 Å². The van der Waals surface area contributed by atoms with E-state index in [2.05, 4.69) is 40.3 Å². The molecule has 29 heteroatoms. The van der Waals surface area contributed by atoms with Gasteiger partial charge in [0.05, 0.1) is 94.0 Å². The monoisotopic (exact) mass is 1300 g/mol. The van der Waals surface area contributed by atoms with Crippen molar-refractivity contribution >= 4 is 77.4 Å². The number of likely N-dealkylation sites (N-methyl/N-ethyl adjacent to an activating group) is 1. The molecule has 0 aliphatic carbocycles. The number of nitrogens with one attached hydrogen (secondary N) is 7. The maximum atomic E-state index is 13.3. The summed E-state index contributed by atoms with van der Waals surface area (Å²) in [5, 5.41) is 12.2. The van der Waals surface area contributed by atoms with E-state index < -0.39 is 35.6 Å². The Morgan fingerprint density at radius 2 is 0.907 bits per heavy atom. The van der Waals surface area contributed by atoms with Gasteiger partial charge in [0.2, 0.25) is 54.2 Å². The van der Waals surface area contributed by atoms with Gasteiger partial charge in [-0.25, -0.2) is 39.4 Å². The number of sulfonamides is 3. The number of halogens is 2. The third kappa shape index (κ3) is 26.2. The predicted molar refractivity (Wildman–Crippen MR) is 323 cm³/mol. The van der Waals surface area contributed by atoms with E-state index in [9.17, 15) is 44.4 Å². The van der Waals surface area contributed by atoms with Crippen LogP contribution in [-0.2, 0) is 84.2 Å². The average molecular weight is 1300 g/mol. The van der Waals surface area contributed by atoms with Crippen LogP contribution in [0.3, 0.4) is 0 Å². The SMILES string of the molecule is CN1Cc2c(Cl)cc(Cl)cc2[C@H](c2cccc(S(=O)(=O)NCCOCCOCCNC(=O)CCC(CCC(=O)NCCOCCOCCNS(=O)(=O)c3ccccc3)(CCC(=O)NCCOCCOCCNS(=O)(=O)c3ccccc3)NC=O)c2)C1. The summed E-state index contributed by atoms with van der Waals surface area (Å²) in [4.78, 5) is 53.8. The van der Waals surface area contributed by atoms with Crippen LogP contribution in [0.5, 0.6) is 0 Å². The normalized spacial score (nSPS) is 13.9. The molecule has 86 heavy (non-hydrogen) atoms. The van der Waals surface area contributed by atoms with Gasteiger partial charge in [-0.05, 0) is 91.5 Å². The largest absolute Gasteiger partial charge is 0.378 e. The summed E-state index contributed by atoms with van der Waals surface area (Å²) in [5.74, 6) is -1.20. The molecule has 1 heterocycles. The number of amides is 4. The van der Waals surface area contributed by atoms with Crippen LogP contribution in [0.2, 0.25) is 10.0 Å². The lowest BCUT2D eigenvalue weighted by molar-refractivity contribution is -0.123. The maximum Gasteiger partial charge on any atom is 0.240 e. The molecule has 1 aliphatic heterocycles. The van der Waals surface area contributed by atoms with E-state index in [1.807, 2.05) is 19.2 Å². The number of nitrogens with zero attached hydrogens (tertiary/aromatic N) is 1. The quantitative estimate of drug-likeness (QED) is 0.0247. The Hall–Kier alpha value is -5.21. The minimum atomic E-state index is -3.87. The second-order valence-corrected chi connectivity index (χ2v) is 26.0. The van der Waals surface area contributed by atoms with Crippen LogP contribution in [0.15, 0.2) is 112 Å². The summed E-state index contributed by atoms with van der Waals surface area (Å²) in [5.41, 5.74) is 1.61. The van der Waals surface area contributed by atoms with E-state index in [0.717, 1.165) is 16.7 Å². The van der Waals surface area contributed by atoms with E-state index in [0.29, 0.717) is 29.5 Å². The van der Waals surface area contributed by atoms with Crippen molar-refractivity contribution in [2.75, 3.05) is 132 Å². The molecule has 0 unspecified atom stereocenters. The van der Waals surface area contributed by atoms with Crippen LogP contribution >= 0.6 is 23.2 Å².